The van der Waals surface area contributed by atoms with Crippen molar-refractivity contribution in [3.8, 4) is 0 Å². The Morgan fingerprint density at radius 1 is 1.39 bits per heavy atom. The van der Waals surface area contributed by atoms with Gasteiger partial charge in [-0.05, 0) is 30.5 Å². The summed E-state index contributed by atoms with van der Waals surface area (Å²) in [4.78, 5) is 0.377. The van der Waals surface area contributed by atoms with Crippen molar-refractivity contribution in [2.24, 2.45) is 0 Å². The van der Waals surface area contributed by atoms with Gasteiger partial charge in [0.25, 0.3) is 0 Å². The van der Waals surface area contributed by atoms with Crippen molar-refractivity contribution in [3.63, 3.8) is 0 Å². The summed E-state index contributed by atoms with van der Waals surface area (Å²) in [5, 5.41) is 3.39. The van der Waals surface area contributed by atoms with Gasteiger partial charge in [0.1, 0.15) is 0 Å². The monoisotopic (exact) mass is 268 g/mol. The molecule has 0 heterocycles. The number of rotatable bonds is 6. The number of hydrogen-bond donors (Lipinski definition) is 1. The summed E-state index contributed by atoms with van der Waals surface area (Å²) >= 11 is 0. The molecule has 0 unspecified atom stereocenters. The first-order valence-electron chi connectivity index (χ1n) is 6.32. The summed E-state index contributed by atoms with van der Waals surface area (Å²) < 4.78 is 25.7. The maximum atomic E-state index is 12.2. The lowest BCUT2D eigenvalue weighted by Gasteiger charge is -2.15. The molecule has 0 aliphatic heterocycles. The van der Waals surface area contributed by atoms with Crippen LogP contribution < -0.4 is 5.32 Å². The van der Waals surface area contributed by atoms with E-state index >= 15 is 0 Å². The third-order valence-electron chi connectivity index (χ3n) is 3.22. The van der Waals surface area contributed by atoms with Crippen molar-refractivity contribution >= 4 is 10.0 Å². The number of benzene rings is 1. The molecule has 4 nitrogen and oxygen atoms in total. The third kappa shape index (κ3) is 3.10. The zero-order valence-corrected chi connectivity index (χ0v) is 11.7. The molecule has 0 atom stereocenters. The molecule has 5 heteroatoms. The maximum absolute atomic E-state index is 12.2. The van der Waals surface area contributed by atoms with Gasteiger partial charge in [-0.25, -0.2) is 12.7 Å². The summed E-state index contributed by atoms with van der Waals surface area (Å²) in [6.07, 6.45) is 2.47. The van der Waals surface area contributed by atoms with Crippen LogP contribution in [-0.2, 0) is 16.6 Å². The Labute approximate surface area is 109 Å². The van der Waals surface area contributed by atoms with Crippen LogP contribution in [-0.4, -0.2) is 32.4 Å². The largest absolute Gasteiger partial charge is 0.310 e. The Morgan fingerprint density at radius 2 is 2.11 bits per heavy atom. The standard InChI is InChI=1S/C13H20N2O2S/c1-3-15(2)18(16,17)13-6-4-5-11(9-13)10-14-12-7-8-12/h4-6,9,12,14H,3,7-8,10H2,1-2H3. The predicted octanol–water partition coefficient (Wildman–Crippen LogP) is 1.58. The Morgan fingerprint density at radius 3 is 2.72 bits per heavy atom. The predicted molar refractivity (Wildman–Crippen MR) is 71.8 cm³/mol. The molecule has 0 saturated heterocycles. The Bertz CT molecular complexity index is 509. The minimum Gasteiger partial charge on any atom is -0.310 e. The SMILES string of the molecule is CCN(C)S(=O)(=O)c1cccc(CNC2CC2)c1. The Hall–Kier alpha value is -0.910. The third-order valence-corrected chi connectivity index (χ3v) is 5.15. The lowest BCUT2D eigenvalue weighted by molar-refractivity contribution is 0.486. The van der Waals surface area contributed by atoms with Gasteiger partial charge >= 0.3 is 0 Å². The van der Waals surface area contributed by atoms with Crippen LogP contribution in [0.4, 0.5) is 0 Å². The highest BCUT2D eigenvalue weighted by Crippen LogP contribution is 2.20. The summed E-state index contributed by atoms with van der Waals surface area (Å²) in [5.41, 5.74) is 1.02. The van der Waals surface area contributed by atoms with E-state index in [9.17, 15) is 8.42 Å². The molecule has 1 fully saturated rings. The molecule has 1 N–H and O–H groups in total. The molecule has 1 saturated carbocycles. The maximum Gasteiger partial charge on any atom is 0.242 e. The van der Waals surface area contributed by atoms with Crippen molar-refractivity contribution in [3.05, 3.63) is 29.8 Å². The van der Waals surface area contributed by atoms with Crippen molar-refractivity contribution in [1.29, 1.82) is 0 Å². The van der Waals surface area contributed by atoms with E-state index in [1.807, 2.05) is 13.0 Å². The van der Waals surface area contributed by atoms with Crippen LogP contribution in [0.3, 0.4) is 0 Å². The molecule has 1 aliphatic carbocycles. The minimum absolute atomic E-state index is 0.377. The summed E-state index contributed by atoms with van der Waals surface area (Å²) in [6.45, 7) is 3.05. The van der Waals surface area contributed by atoms with E-state index in [0.717, 1.165) is 12.1 Å². The van der Waals surface area contributed by atoms with Gasteiger partial charge < -0.3 is 5.32 Å². The molecular formula is C13H20N2O2S. The van der Waals surface area contributed by atoms with E-state index in [1.165, 1.54) is 17.1 Å². The molecule has 0 aromatic heterocycles. The van der Waals surface area contributed by atoms with Gasteiger partial charge in [-0.3, -0.25) is 0 Å². The molecule has 1 aromatic carbocycles. The lowest BCUT2D eigenvalue weighted by Crippen LogP contribution is -2.26. The number of sulfonamides is 1. The van der Waals surface area contributed by atoms with E-state index in [2.05, 4.69) is 5.32 Å². The fourth-order valence-electron chi connectivity index (χ4n) is 1.72. The smallest absolute Gasteiger partial charge is 0.242 e. The zero-order chi connectivity index (χ0) is 13.2. The van der Waals surface area contributed by atoms with Crippen LogP contribution in [0.15, 0.2) is 29.2 Å². The Balaban J connectivity index is 2.15. The van der Waals surface area contributed by atoms with Crippen LogP contribution in [0.25, 0.3) is 0 Å². The summed E-state index contributed by atoms with van der Waals surface area (Å²) in [7, 11) is -1.73. The van der Waals surface area contributed by atoms with Gasteiger partial charge in [-0.2, -0.15) is 0 Å². The summed E-state index contributed by atoms with van der Waals surface area (Å²) in [6, 6.07) is 7.81. The molecule has 1 aromatic rings. The molecule has 100 valence electrons. The average molecular weight is 268 g/mol. The summed E-state index contributed by atoms with van der Waals surface area (Å²) in [5.74, 6) is 0. The normalized spacial score (nSPS) is 16.2. The Kier molecular flexibility index (Phi) is 4.04. The van der Waals surface area contributed by atoms with E-state index in [0.29, 0.717) is 17.5 Å². The van der Waals surface area contributed by atoms with Gasteiger partial charge in [0.05, 0.1) is 4.90 Å². The first kappa shape index (κ1) is 13.5. The van der Waals surface area contributed by atoms with Crippen LogP contribution in [0.2, 0.25) is 0 Å². The lowest BCUT2D eigenvalue weighted by atomic mass is 10.2. The van der Waals surface area contributed by atoms with Gasteiger partial charge in [0, 0.05) is 26.2 Å². The highest BCUT2D eigenvalue weighted by molar-refractivity contribution is 7.89. The van der Waals surface area contributed by atoms with Crippen LogP contribution in [0, 0.1) is 0 Å². The van der Waals surface area contributed by atoms with E-state index in [1.54, 1.807) is 25.2 Å². The van der Waals surface area contributed by atoms with Gasteiger partial charge in [-0.15, -0.1) is 0 Å². The van der Waals surface area contributed by atoms with Gasteiger partial charge in [-0.1, -0.05) is 19.1 Å². The number of nitrogens with one attached hydrogen (secondary N) is 1. The fourth-order valence-corrected chi connectivity index (χ4v) is 2.97. The molecule has 0 radical (unpaired) electrons. The first-order chi connectivity index (χ1) is 8.54. The molecule has 1 aliphatic rings. The molecular weight excluding hydrogens is 248 g/mol. The number of nitrogens with zero attached hydrogens (tertiary/aromatic N) is 1. The fraction of sp³-hybridized carbons (Fsp3) is 0.538. The van der Waals surface area contributed by atoms with Crippen molar-refractivity contribution < 1.29 is 8.42 Å². The van der Waals surface area contributed by atoms with Crippen molar-refractivity contribution in [2.45, 2.75) is 37.2 Å². The highest BCUT2D eigenvalue weighted by Gasteiger charge is 2.21. The van der Waals surface area contributed by atoms with E-state index in [4.69, 9.17) is 0 Å². The first-order valence-corrected chi connectivity index (χ1v) is 7.76. The minimum atomic E-state index is -3.33. The van der Waals surface area contributed by atoms with Gasteiger partial charge in [0.15, 0.2) is 0 Å². The molecule has 0 amide bonds. The molecule has 0 bridgehead atoms. The van der Waals surface area contributed by atoms with Crippen LogP contribution in [0.1, 0.15) is 25.3 Å². The average Bonchev–Trinajstić information content (AvgIpc) is 3.19. The van der Waals surface area contributed by atoms with Gasteiger partial charge in [0.2, 0.25) is 10.0 Å². The number of hydrogen-bond acceptors (Lipinski definition) is 3. The van der Waals surface area contributed by atoms with E-state index in [-0.39, 0.29) is 0 Å². The van der Waals surface area contributed by atoms with Crippen LogP contribution >= 0.6 is 0 Å². The zero-order valence-electron chi connectivity index (χ0n) is 10.9. The van der Waals surface area contributed by atoms with Crippen LogP contribution in [0.5, 0.6) is 0 Å². The second-order valence-corrected chi connectivity index (χ2v) is 6.77. The second kappa shape index (κ2) is 5.38. The molecule has 0 spiro atoms. The van der Waals surface area contributed by atoms with Crippen molar-refractivity contribution in [1.82, 2.24) is 9.62 Å². The molecule has 18 heavy (non-hydrogen) atoms. The quantitative estimate of drug-likeness (QED) is 0.852. The van der Waals surface area contributed by atoms with E-state index < -0.39 is 10.0 Å². The topological polar surface area (TPSA) is 49.4 Å². The highest BCUT2D eigenvalue weighted by atomic mass is 32.2. The molecule has 2 rings (SSSR count). The van der Waals surface area contributed by atoms with Crippen molar-refractivity contribution in [2.75, 3.05) is 13.6 Å². The second-order valence-electron chi connectivity index (χ2n) is 4.72.